The number of likely N-dealkylation sites (tertiary alicyclic amines) is 1. The zero-order valence-electron chi connectivity index (χ0n) is 22.0. The maximum absolute atomic E-state index is 13.8. The predicted octanol–water partition coefficient (Wildman–Crippen LogP) is 7.51. The molecule has 1 aliphatic heterocycles. The second-order valence-electron chi connectivity index (χ2n) is 10.3. The Morgan fingerprint density at radius 1 is 1.03 bits per heavy atom. The van der Waals surface area contributed by atoms with Gasteiger partial charge in [-0.15, -0.1) is 0 Å². The molecule has 5 rings (SSSR count). The molecule has 3 heterocycles. The van der Waals surface area contributed by atoms with Crippen molar-refractivity contribution in [3.05, 3.63) is 78.0 Å². The van der Waals surface area contributed by atoms with Crippen LogP contribution in [0.4, 0.5) is 9.18 Å². The van der Waals surface area contributed by atoms with Crippen LogP contribution in [-0.4, -0.2) is 42.7 Å². The van der Waals surface area contributed by atoms with Gasteiger partial charge >= 0.3 is 12.1 Å². The monoisotopic (exact) mass is 549 g/mol. The number of carbonyl (C=O) groups excluding carboxylic acids is 1. The van der Waals surface area contributed by atoms with Crippen LogP contribution in [0.2, 0.25) is 5.02 Å². The van der Waals surface area contributed by atoms with Crippen molar-refractivity contribution in [2.45, 2.75) is 51.8 Å². The molecule has 1 amide bonds. The molecule has 1 fully saturated rings. The number of hydrogen-bond acceptors (Lipinski definition) is 6. The number of piperidine rings is 1. The summed E-state index contributed by atoms with van der Waals surface area (Å²) in [7, 11) is 0. The number of nitrogens with zero attached hydrogens (tertiary/aromatic N) is 5. The van der Waals surface area contributed by atoms with Gasteiger partial charge in [0.15, 0.2) is 0 Å². The largest absolute Gasteiger partial charge is 0.444 e. The molecule has 1 saturated heterocycles. The molecule has 0 bridgehead atoms. The fourth-order valence-corrected chi connectivity index (χ4v) is 4.65. The highest BCUT2D eigenvalue weighted by molar-refractivity contribution is 6.30. The summed E-state index contributed by atoms with van der Waals surface area (Å²) >= 11 is 6.00. The number of aromatic nitrogens is 4. The molecule has 0 spiro atoms. The summed E-state index contributed by atoms with van der Waals surface area (Å²) in [6.07, 6.45) is 5.09. The van der Waals surface area contributed by atoms with Gasteiger partial charge in [0.25, 0.3) is 0 Å². The van der Waals surface area contributed by atoms with E-state index in [0.29, 0.717) is 46.4 Å². The Balaban J connectivity index is 1.58. The molecule has 2 aromatic heterocycles. The number of hydrogen-bond donors (Lipinski definition) is 0. The summed E-state index contributed by atoms with van der Waals surface area (Å²) in [5.74, 6) is 0.191. The van der Waals surface area contributed by atoms with Gasteiger partial charge in [-0.1, -0.05) is 11.6 Å². The number of carbonyl (C=O) groups is 1. The highest BCUT2D eigenvalue weighted by Crippen LogP contribution is 2.37. The Hall–Kier alpha value is -3.98. The first kappa shape index (κ1) is 26.6. The average Bonchev–Trinajstić information content (AvgIpc) is 3.35. The fourth-order valence-electron chi connectivity index (χ4n) is 4.53. The third kappa shape index (κ3) is 6.20. The van der Waals surface area contributed by atoms with E-state index in [1.807, 2.05) is 25.3 Å². The molecule has 39 heavy (non-hydrogen) atoms. The summed E-state index contributed by atoms with van der Waals surface area (Å²) in [5.41, 5.74) is 1.88. The van der Waals surface area contributed by atoms with E-state index >= 15 is 0 Å². The topological polar surface area (TPSA) is 82.4 Å². The number of rotatable bonds is 5. The van der Waals surface area contributed by atoms with Gasteiger partial charge in [0, 0.05) is 23.3 Å². The lowest BCUT2D eigenvalue weighted by atomic mass is 10.1. The standard InChI is InChI=1S/C29H29ClFN5O3/c1-29(2,3)39-28(37)35-17-5-4-6-24(35)36-18-33-25(19-7-11-21(31)12-8-19)26(36)23-15-16-32-27(34-23)38-22-13-9-20(30)10-14-22/h7-16,18,24H,4-6,17H2,1-3H3. The van der Waals surface area contributed by atoms with Crippen molar-refractivity contribution in [1.29, 1.82) is 0 Å². The van der Waals surface area contributed by atoms with Gasteiger partial charge in [-0.3, -0.25) is 4.90 Å². The SMILES string of the molecule is CC(C)(C)OC(=O)N1CCCCC1n1cnc(-c2ccc(F)cc2)c1-c1ccnc(Oc2ccc(Cl)cc2)n1. The van der Waals surface area contributed by atoms with Crippen molar-refractivity contribution in [1.82, 2.24) is 24.4 Å². The minimum absolute atomic E-state index is 0.139. The second kappa shape index (κ2) is 11.0. The molecular formula is C29H29ClFN5O3. The summed E-state index contributed by atoms with van der Waals surface area (Å²) in [6.45, 7) is 6.10. The lowest BCUT2D eigenvalue weighted by Crippen LogP contribution is -2.44. The third-order valence-electron chi connectivity index (χ3n) is 6.23. The Morgan fingerprint density at radius 2 is 1.77 bits per heavy atom. The molecule has 202 valence electrons. The van der Waals surface area contributed by atoms with Crippen LogP contribution in [0.25, 0.3) is 22.6 Å². The van der Waals surface area contributed by atoms with Gasteiger partial charge in [0.1, 0.15) is 23.3 Å². The van der Waals surface area contributed by atoms with Gasteiger partial charge in [0.05, 0.1) is 23.4 Å². The van der Waals surface area contributed by atoms with E-state index in [1.165, 1.54) is 12.1 Å². The molecule has 1 unspecified atom stereocenters. The van der Waals surface area contributed by atoms with E-state index < -0.39 is 5.60 Å². The minimum atomic E-state index is -0.628. The molecule has 2 aromatic carbocycles. The Labute approximate surface area is 231 Å². The van der Waals surface area contributed by atoms with Gasteiger partial charge < -0.3 is 14.0 Å². The first-order chi connectivity index (χ1) is 18.7. The van der Waals surface area contributed by atoms with Gasteiger partial charge in [-0.05, 0) is 94.6 Å². The van der Waals surface area contributed by atoms with E-state index in [2.05, 4.69) is 9.97 Å². The normalized spacial score (nSPS) is 15.7. The minimum Gasteiger partial charge on any atom is -0.444 e. The fraction of sp³-hybridized carbons (Fsp3) is 0.310. The van der Waals surface area contributed by atoms with E-state index in [4.69, 9.17) is 26.1 Å². The average molecular weight is 550 g/mol. The van der Waals surface area contributed by atoms with Crippen molar-refractivity contribution in [2.24, 2.45) is 0 Å². The number of imidazole rings is 1. The first-order valence-electron chi connectivity index (χ1n) is 12.8. The molecular weight excluding hydrogens is 521 g/mol. The van der Waals surface area contributed by atoms with E-state index in [0.717, 1.165) is 12.8 Å². The second-order valence-corrected chi connectivity index (χ2v) is 10.7. The number of amides is 1. The molecule has 0 aliphatic carbocycles. The predicted molar refractivity (Wildman–Crippen MR) is 146 cm³/mol. The molecule has 0 radical (unpaired) electrons. The zero-order chi connectivity index (χ0) is 27.6. The first-order valence-corrected chi connectivity index (χ1v) is 13.1. The zero-order valence-corrected chi connectivity index (χ0v) is 22.7. The highest BCUT2D eigenvalue weighted by Gasteiger charge is 2.34. The van der Waals surface area contributed by atoms with Crippen LogP contribution >= 0.6 is 11.6 Å². The van der Waals surface area contributed by atoms with Crippen LogP contribution < -0.4 is 4.74 Å². The van der Waals surface area contributed by atoms with Crippen LogP contribution in [0, 0.1) is 5.82 Å². The van der Waals surface area contributed by atoms with Crippen LogP contribution in [0.3, 0.4) is 0 Å². The number of halogens is 2. The van der Waals surface area contributed by atoms with Crippen molar-refractivity contribution >= 4 is 17.7 Å². The smallest absolute Gasteiger partial charge is 0.411 e. The maximum Gasteiger partial charge on any atom is 0.411 e. The number of benzene rings is 2. The molecule has 4 aromatic rings. The molecule has 1 atom stereocenters. The van der Waals surface area contributed by atoms with Gasteiger partial charge in [0.2, 0.25) is 0 Å². The quantitative estimate of drug-likeness (QED) is 0.256. The van der Waals surface area contributed by atoms with Gasteiger partial charge in [-0.25, -0.2) is 19.2 Å². The van der Waals surface area contributed by atoms with Crippen molar-refractivity contribution in [3.8, 4) is 34.4 Å². The molecule has 1 aliphatic rings. The van der Waals surface area contributed by atoms with Crippen molar-refractivity contribution < 1.29 is 18.7 Å². The molecule has 0 saturated carbocycles. The third-order valence-corrected chi connectivity index (χ3v) is 6.48. The Bertz CT molecular complexity index is 1450. The van der Waals surface area contributed by atoms with Crippen LogP contribution in [-0.2, 0) is 4.74 Å². The van der Waals surface area contributed by atoms with E-state index in [9.17, 15) is 9.18 Å². The van der Waals surface area contributed by atoms with Crippen molar-refractivity contribution in [3.63, 3.8) is 0 Å². The van der Waals surface area contributed by atoms with E-state index in [1.54, 1.807) is 59.9 Å². The van der Waals surface area contributed by atoms with E-state index in [-0.39, 0.29) is 24.1 Å². The summed E-state index contributed by atoms with van der Waals surface area (Å²) < 4.78 is 27.3. The molecule has 10 heteroatoms. The molecule has 8 nitrogen and oxygen atoms in total. The van der Waals surface area contributed by atoms with Crippen LogP contribution in [0.15, 0.2) is 67.1 Å². The van der Waals surface area contributed by atoms with Gasteiger partial charge in [-0.2, -0.15) is 4.98 Å². The summed E-state index contributed by atoms with van der Waals surface area (Å²) in [6, 6.07) is 14.9. The Kier molecular flexibility index (Phi) is 7.52. The summed E-state index contributed by atoms with van der Waals surface area (Å²) in [4.78, 5) is 28.6. The van der Waals surface area contributed by atoms with Crippen LogP contribution in [0.1, 0.15) is 46.2 Å². The summed E-state index contributed by atoms with van der Waals surface area (Å²) in [5, 5.41) is 0.590. The lowest BCUT2D eigenvalue weighted by Gasteiger charge is -2.38. The Morgan fingerprint density at radius 3 is 2.49 bits per heavy atom. The maximum atomic E-state index is 13.8. The lowest BCUT2D eigenvalue weighted by molar-refractivity contribution is -0.000908. The van der Waals surface area contributed by atoms with Crippen molar-refractivity contribution in [2.75, 3.05) is 6.54 Å². The highest BCUT2D eigenvalue weighted by atomic mass is 35.5. The van der Waals surface area contributed by atoms with Crippen LogP contribution in [0.5, 0.6) is 11.8 Å². The molecule has 0 N–H and O–H groups in total. The number of ether oxygens (including phenoxy) is 2.